The predicted molar refractivity (Wildman–Crippen MR) is 47.0 cm³/mol. The van der Waals surface area contributed by atoms with Crippen molar-refractivity contribution in [3.8, 4) is 0 Å². The Labute approximate surface area is 66.8 Å². The Kier molecular flexibility index (Phi) is 2.39. The lowest BCUT2D eigenvalue weighted by Gasteiger charge is -2.01. The van der Waals surface area contributed by atoms with Crippen LogP contribution < -0.4 is 5.73 Å². The van der Waals surface area contributed by atoms with E-state index in [-0.39, 0.29) is 0 Å². The van der Waals surface area contributed by atoms with Gasteiger partial charge in [-0.1, -0.05) is 12.6 Å². The number of aromatic nitrogens is 1. The predicted octanol–water partition coefficient (Wildman–Crippen LogP) is 1.49. The van der Waals surface area contributed by atoms with Gasteiger partial charge >= 0.3 is 0 Å². The van der Waals surface area contributed by atoms with E-state index in [1.165, 1.54) is 0 Å². The molecule has 0 unspecified atom stereocenters. The Bertz CT molecular complexity index is 266. The van der Waals surface area contributed by atoms with Crippen LogP contribution >= 0.6 is 0 Å². The van der Waals surface area contributed by atoms with Crippen LogP contribution in [0.1, 0.15) is 17.0 Å². The van der Waals surface area contributed by atoms with Crippen LogP contribution in [-0.2, 0) is 6.54 Å². The lowest BCUT2D eigenvalue weighted by Crippen LogP contribution is -2.01. The van der Waals surface area contributed by atoms with Gasteiger partial charge in [0.05, 0.1) is 5.69 Å². The fourth-order valence-electron chi connectivity index (χ4n) is 0.955. The van der Waals surface area contributed by atoms with Crippen molar-refractivity contribution < 1.29 is 0 Å². The number of nitrogens with two attached hydrogens (primary N) is 1. The summed E-state index contributed by atoms with van der Waals surface area (Å²) in [5.41, 5.74) is 8.43. The van der Waals surface area contributed by atoms with Crippen LogP contribution in [0.2, 0.25) is 0 Å². The minimum Gasteiger partial charge on any atom is -0.326 e. The van der Waals surface area contributed by atoms with Gasteiger partial charge in [0.1, 0.15) is 0 Å². The molecule has 0 amide bonds. The van der Waals surface area contributed by atoms with Crippen molar-refractivity contribution in [1.29, 1.82) is 0 Å². The van der Waals surface area contributed by atoms with Gasteiger partial charge in [-0.2, -0.15) is 0 Å². The number of aryl methyl sites for hydroxylation is 1. The third kappa shape index (κ3) is 1.65. The van der Waals surface area contributed by atoms with Gasteiger partial charge in [0.25, 0.3) is 0 Å². The zero-order chi connectivity index (χ0) is 8.27. The topological polar surface area (TPSA) is 38.9 Å². The quantitative estimate of drug-likeness (QED) is 0.690. The zero-order valence-corrected chi connectivity index (χ0v) is 6.67. The highest BCUT2D eigenvalue weighted by Gasteiger charge is 1.97. The lowest BCUT2D eigenvalue weighted by molar-refractivity contribution is 1.02. The first kappa shape index (κ1) is 7.95. The molecule has 0 radical (unpaired) electrons. The second kappa shape index (κ2) is 3.30. The van der Waals surface area contributed by atoms with E-state index in [0.29, 0.717) is 6.54 Å². The summed E-state index contributed by atoms with van der Waals surface area (Å²) in [6.07, 6.45) is 1.73. The molecule has 0 aromatic carbocycles. The molecule has 0 aliphatic carbocycles. The molecule has 0 fully saturated rings. The SMILES string of the molecule is C=Cc1nc(C)ccc1CN. The first-order valence-electron chi connectivity index (χ1n) is 3.57. The van der Waals surface area contributed by atoms with E-state index in [1.54, 1.807) is 6.08 Å². The lowest BCUT2D eigenvalue weighted by atomic mass is 10.2. The van der Waals surface area contributed by atoms with Crippen molar-refractivity contribution in [2.24, 2.45) is 5.73 Å². The van der Waals surface area contributed by atoms with Gasteiger partial charge in [0.2, 0.25) is 0 Å². The summed E-state index contributed by atoms with van der Waals surface area (Å²) in [5, 5.41) is 0. The Morgan fingerprint density at radius 3 is 2.91 bits per heavy atom. The molecule has 1 rings (SSSR count). The molecular formula is C9H12N2. The van der Waals surface area contributed by atoms with E-state index in [9.17, 15) is 0 Å². The normalized spacial score (nSPS) is 9.64. The first-order chi connectivity index (χ1) is 5.27. The van der Waals surface area contributed by atoms with Gasteiger partial charge in [-0.05, 0) is 24.6 Å². The van der Waals surface area contributed by atoms with Crippen LogP contribution in [0.25, 0.3) is 6.08 Å². The summed E-state index contributed by atoms with van der Waals surface area (Å²) in [6.45, 7) is 6.14. The molecule has 2 heteroatoms. The van der Waals surface area contributed by atoms with Crippen molar-refractivity contribution in [2.45, 2.75) is 13.5 Å². The van der Waals surface area contributed by atoms with Crippen molar-refractivity contribution in [3.63, 3.8) is 0 Å². The number of hydrogen-bond acceptors (Lipinski definition) is 2. The van der Waals surface area contributed by atoms with Crippen LogP contribution in [0.3, 0.4) is 0 Å². The Hall–Kier alpha value is -1.15. The standard InChI is InChI=1S/C9H12N2/c1-3-9-8(6-10)5-4-7(2)11-9/h3-5H,1,6,10H2,2H3. The van der Waals surface area contributed by atoms with Crippen LogP contribution in [0.15, 0.2) is 18.7 Å². The average Bonchev–Trinajstić information content (AvgIpc) is 2.04. The van der Waals surface area contributed by atoms with Gasteiger partial charge in [-0.15, -0.1) is 0 Å². The minimum atomic E-state index is 0.522. The fraction of sp³-hybridized carbons (Fsp3) is 0.222. The minimum absolute atomic E-state index is 0.522. The number of hydrogen-bond donors (Lipinski definition) is 1. The fourth-order valence-corrected chi connectivity index (χ4v) is 0.955. The Balaban J connectivity index is 3.16. The van der Waals surface area contributed by atoms with Gasteiger partial charge < -0.3 is 5.73 Å². The number of pyridine rings is 1. The highest BCUT2D eigenvalue weighted by Crippen LogP contribution is 2.07. The maximum absolute atomic E-state index is 5.49. The first-order valence-corrected chi connectivity index (χ1v) is 3.57. The summed E-state index contributed by atoms with van der Waals surface area (Å²) in [5.74, 6) is 0. The molecule has 58 valence electrons. The van der Waals surface area contributed by atoms with Gasteiger partial charge in [0.15, 0.2) is 0 Å². The number of nitrogens with zero attached hydrogens (tertiary/aromatic N) is 1. The average molecular weight is 148 g/mol. The monoisotopic (exact) mass is 148 g/mol. The molecule has 0 saturated carbocycles. The largest absolute Gasteiger partial charge is 0.326 e. The molecule has 1 aromatic heterocycles. The van der Waals surface area contributed by atoms with Crippen LogP contribution in [0, 0.1) is 6.92 Å². The van der Waals surface area contributed by atoms with E-state index in [0.717, 1.165) is 17.0 Å². The van der Waals surface area contributed by atoms with Crippen LogP contribution in [-0.4, -0.2) is 4.98 Å². The summed E-state index contributed by atoms with van der Waals surface area (Å²) >= 11 is 0. The van der Waals surface area contributed by atoms with E-state index < -0.39 is 0 Å². The van der Waals surface area contributed by atoms with Crippen LogP contribution in [0.5, 0.6) is 0 Å². The van der Waals surface area contributed by atoms with E-state index in [1.807, 2.05) is 19.1 Å². The van der Waals surface area contributed by atoms with Gasteiger partial charge in [0, 0.05) is 12.2 Å². The molecule has 0 aliphatic rings. The van der Waals surface area contributed by atoms with E-state index in [2.05, 4.69) is 11.6 Å². The molecule has 0 aliphatic heterocycles. The molecule has 0 saturated heterocycles. The van der Waals surface area contributed by atoms with Crippen molar-refractivity contribution >= 4 is 6.08 Å². The summed E-state index contributed by atoms with van der Waals surface area (Å²) in [4.78, 5) is 4.26. The van der Waals surface area contributed by atoms with Gasteiger partial charge in [-0.25, -0.2) is 0 Å². The number of rotatable bonds is 2. The van der Waals surface area contributed by atoms with Crippen molar-refractivity contribution in [2.75, 3.05) is 0 Å². The summed E-state index contributed by atoms with van der Waals surface area (Å²) < 4.78 is 0. The molecule has 11 heavy (non-hydrogen) atoms. The molecular weight excluding hydrogens is 136 g/mol. The highest BCUT2D eigenvalue weighted by molar-refractivity contribution is 5.47. The molecule has 2 nitrogen and oxygen atoms in total. The van der Waals surface area contributed by atoms with E-state index >= 15 is 0 Å². The molecule has 0 atom stereocenters. The molecule has 2 N–H and O–H groups in total. The summed E-state index contributed by atoms with van der Waals surface area (Å²) in [6, 6.07) is 3.94. The zero-order valence-electron chi connectivity index (χ0n) is 6.67. The molecule has 0 spiro atoms. The van der Waals surface area contributed by atoms with E-state index in [4.69, 9.17) is 5.73 Å². The molecule has 1 aromatic rings. The second-order valence-electron chi connectivity index (χ2n) is 2.41. The van der Waals surface area contributed by atoms with Crippen molar-refractivity contribution in [3.05, 3.63) is 35.7 Å². The maximum atomic E-state index is 5.49. The summed E-state index contributed by atoms with van der Waals surface area (Å²) in [7, 11) is 0. The molecule has 0 bridgehead atoms. The third-order valence-electron chi connectivity index (χ3n) is 1.56. The van der Waals surface area contributed by atoms with Gasteiger partial charge in [-0.3, -0.25) is 4.98 Å². The Morgan fingerprint density at radius 2 is 2.36 bits per heavy atom. The molecule has 1 heterocycles. The Morgan fingerprint density at radius 1 is 1.64 bits per heavy atom. The van der Waals surface area contributed by atoms with Crippen molar-refractivity contribution in [1.82, 2.24) is 4.98 Å². The third-order valence-corrected chi connectivity index (χ3v) is 1.56. The smallest absolute Gasteiger partial charge is 0.0671 e. The highest BCUT2D eigenvalue weighted by atomic mass is 14.7. The maximum Gasteiger partial charge on any atom is 0.0671 e. The van der Waals surface area contributed by atoms with Crippen LogP contribution in [0.4, 0.5) is 0 Å². The second-order valence-corrected chi connectivity index (χ2v) is 2.41.